The first-order valence-electron chi connectivity index (χ1n) is 21.9. The number of nitro benzene ring substituents is 1. The summed E-state index contributed by atoms with van der Waals surface area (Å²) in [5, 5.41) is 29.6. The van der Waals surface area contributed by atoms with Crippen molar-refractivity contribution >= 4 is 212 Å². The number of nitriles is 1. The average molecular weight is 1320 g/mol. The summed E-state index contributed by atoms with van der Waals surface area (Å²) in [6.45, 7) is 13.7. The maximum Gasteiger partial charge on any atom is 0.295 e. The van der Waals surface area contributed by atoms with Crippen molar-refractivity contribution in [3.63, 3.8) is 0 Å². The highest BCUT2D eigenvalue weighted by molar-refractivity contribution is 8.64. The van der Waals surface area contributed by atoms with Crippen molar-refractivity contribution in [1.82, 2.24) is 25.1 Å². The topological polar surface area (TPSA) is 145 Å². The van der Waals surface area contributed by atoms with Crippen LogP contribution in [0.25, 0.3) is 66.8 Å². The van der Waals surface area contributed by atoms with Crippen LogP contribution < -0.4 is 10.4 Å². The SMILES string of the molecule is C[Si](C)(C)c1cc(-c2ccccn2)nc2c([N+](=O)[O-])cccc12.C[Si](C)(C)c1cc(-c2ccccn2)nc2c1ccc1c(-c3ccccc3)onc12.N#CCc1ccccc1.S=S=S=S.S=S=S=S=S.S=S=S=S=S=S. The van der Waals surface area contributed by atoms with Gasteiger partial charge in [0.2, 0.25) is 0 Å². The molecule has 0 N–H and O–H groups in total. The molecule has 0 saturated heterocycles. The van der Waals surface area contributed by atoms with E-state index in [1.807, 2.05) is 109 Å². The van der Waals surface area contributed by atoms with Gasteiger partial charge in [0, 0.05) is 182 Å². The summed E-state index contributed by atoms with van der Waals surface area (Å²) in [4.78, 5) is 29.4. The van der Waals surface area contributed by atoms with Gasteiger partial charge >= 0.3 is 0 Å². The van der Waals surface area contributed by atoms with E-state index in [4.69, 9.17) is 14.8 Å². The van der Waals surface area contributed by atoms with Crippen molar-refractivity contribution < 1.29 is 9.45 Å². The van der Waals surface area contributed by atoms with Gasteiger partial charge in [0.05, 0.1) is 61.7 Å². The fourth-order valence-corrected chi connectivity index (χ4v) is 18.5. The van der Waals surface area contributed by atoms with Gasteiger partial charge < -0.3 is 4.52 Å². The number of benzene rings is 4. The van der Waals surface area contributed by atoms with E-state index in [0.717, 1.165) is 66.3 Å². The second-order valence-electron chi connectivity index (χ2n) is 17.1. The first-order valence-corrected chi connectivity index (χ1v) is 44.9. The maximum absolute atomic E-state index is 11.4. The van der Waals surface area contributed by atoms with E-state index in [9.17, 15) is 10.1 Å². The zero-order chi connectivity index (χ0) is 55.5. The predicted octanol–water partition coefficient (Wildman–Crippen LogP) is 11.1. The number of nitro groups is 1. The van der Waals surface area contributed by atoms with Crippen LogP contribution in [0.1, 0.15) is 5.56 Å². The molecule has 0 fully saturated rings. The molecule has 9 aromatic rings. The fraction of sp³-hybridized carbons (Fsp3) is 0.143. The molecule has 5 aromatic heterocycles. The van der Waals surface area contributed by atoms with E-state index in [-0.39, 0.29) is 10.6 Å². The van der Waals surface area contributed by atoms with Crippen LogP contribution in [-0.4, -0.2) is 46.2 Å². The van der Waals surface area contributed by atoms with Gasteiger partial charge in [-0.25, -0.2) is 9.97 Å². The van der Waals surface area contributed by atoms with E-state index < -0.39 is 16.1 Å². The molecular formula is C49H45N7O3S15Si2. The monoisotopic (exact) mass is 1310 g/mol. The molecule has 9 rings (SSSR count). The lowest BCUT2D eigenvalue weighted by Crippen LogP contribution is -2.38. The summed E-state index contributed by atoms with van der Waals surface area (Å²) in [5.74, 6) is 0.780. The molecule has 0 aliphatic heterocycles. The van der Waals surface area contributed by atoms with Crippen LogP contribution in [-0.2, 0) is 153 Å². The second-order valence-corrected chi connectivity index (χ2v) is 43.1. The molecule has 76 heavy (non-hydrogen) atoms. The van der Waals surface area contributed by atoms with Crippen molar-refractivity contribution in [3.8, 4) is 40.2 Å². The minimum atomic E-state index is -1.71. The zero-order valence-electron chi connectivity index (χ0n) is 41.1. The molecule has 0 amide bonds. The Kier molecular flexibility index (Phi) is 29.1. The Bertz CT molecular complexity index is 3830. The van der Waals surface area contributed by atoms with Crippen LogP contribution in [0.15, 0.2) is 156 Å². The standard InChI is InChI=1S/C24H21N3OSi.C17H17N3O2Si.C8H7N.S6.S5.S4/c1-29(2,3)21-15-20(19-11-7-8-14-25-19)26-22-17(21)12-13-18-23(22)27-28-24(18)16-9-5-4-6-10-16;1-23(2,3)16-11-14(13-8-4-5-10-18-13)19-17-12(16)7-6-9-15(17)20(21)22;9-7-6-8-4-2-1-3-5-8;1-3-5-6-4-2;1-3-5-4-2;1-3-4-2/h4-15H,1-3H3;4-11H,1-3H3;1-5H,6H2;;;. The average Bonchev–Trinajstić information content (AvgIpc) is 3.88. The fourth-order valence-electron chi connectivity index (χ4n) is 7.13. The lowest BCUT2D eigenvalue weighted by Gasteiger charge is -2.20. The highest BCUT2D eigenvalue weighted by atomic mass is 33.3. The molecule has 27 heteroatoms. The van der Waals surface area contributed by atoms with E-state index >= 15 is 0 Å². The smallest absolute Gasteiger partial charge is 0.295 e. The molecule has 0 aliphatic carbocycles. The van der Waals surface area contributed by atoms with Crippen molar-refractivity contribution in [2.75, 3.05) is 0 Å². The number of non-ortho nitro benzene ring substituents is 1. The summed E-state index contributed by atoms with van der Waals surface area (Å²) >= 11 is 26.6. The molecule has 0 saturated carbocycles. The molecule has 4 aromatic carbocycles. The Labute approximate surface area is 499 Å². The van der Waals surface area contributed by atoms with Gasteiger partial charge in [-0.15, -0.1) is 0 Å². The number of aromatic nitrogens is 5. The van der Waals surface area contributed by atoms with Gasteiger partial charge in [0.25, 0.3) is 5.69 Å². The van der Waals surface area contributed by atoms with Gasteiger partial charge in [-0.3, -0.25) is 20.1 Å². The van der Waals surface area contributed by atoms with Gasteiger partial charge in [0.15, 0.2) is 5.76 Å². The number of rotatable bonds is 7. The van der Waals surface area contributed by atoms with Crippen LogP contribution in [0.3, 0.4) is 0 Å². The van der Waals surface area contributed by atoms with Crippen LogP contribution in [0, 0.1) is 21.4 Å². The van der Waals surface area contributed by atoms with Gasteiger partial charge in [0.1, 0.15) is 16.6 Å². The third-order valence-electron chi connectivity index (χ3n) is 10.2. The summed E-state index contributed by atoms with van der Waals surface area (Å²) in [7, 11) is 8.58. The Morgan fingerprint density at radius 3 is 1.45 bits per heavy atom. The minimum Gasteiger partial charge on any atom is -0.355 e. The molecule has 0 unspecified atom stereocenters. The van der Waals surface area contributed by atoms with E-state index in [1.165, 1.54) is 91.2 Å². The van der Waals surface area contributed by atoms with Gasteiger partial charge in [-0.1, -0.05) is 135 Å². The predicted molar refractivity (Wildman–Crippen MR) is 362 cm³/mol. The number of fused-ring (bicyclic) bond motifs is 4. The molecule has 0 atom stereocenters. The highest BCUT2D eigenvalue weighted by Gasteiger charge is 2.26. The molecule has 0 spiro atoms. The Morgan fingerprint density at radius 2 is 1.01 bits per heavy atom. The van der Waals surface area contributed by atoms with Crippen LogP contribution in [0.4, 0.5) is 5.69 Å². The quantitative estimate of drug-likeness (QED) is 0.0847. The van der Waals surface area contributed by atoms with Gasteiger partial charge in [-0.05, 0) is 58.4 Å². The van der Waals surface area contributed by atoms with E-state index in [0.29, 0.717) is 17.6 Å². The minimum absolute atomic E-state index is 0.0415. The summed E-state index contributed by atoms with van der Waals surface area (Å²) in [6.07, 6.45) is 4.02. The molecule has 392 valence electrons. The maximum atomic E-state index is 11.4. The van der Waals surface area contributed by atoms with E-state index in [2.05, 4.69) is 151 Å². The molecule has 0 aliphatic rings. The summed E-state index contributed by atoms with van der Waals surface area (Å²) in [6, 6.07) is 47.1. The second kappa shape index (κ2) is 34.2. The number of hydrogen-bond acceptors (Lipinski definition) is 15. The lowest BCUT2D eigenvalue weighted by molar-refractivity contribution is -0.383. The van der Waals surface area contributed by atoms with Gasteiger partial charge in [-0.2, -0.15) is 5.26 Å². The molecule has 5 heterocycles. The first-order chi connectivity index (χ1) is 36.6. The molecule has 0 bridgehead atoms. The molecular weight excluding hydrogens is 1270 g/mol. The Hall–Kier alpha value is -3.91. The van der Waals surface area contributed by atoms with Crippen molar-refractivity contribution in [1.29, 1.82) is 5.26 Å². The summed E-state index contributed by atoms with van der Waals surface area (Å²) in [5.41, 5.74) is 7.44. The number of nitrogens with zero attached hydrogens (tertiary/aromatic N) is 7. The third-order valence-corrected chi connectivity index (χ3v) is 27.6. The third kappa shape index (κ3) is 20.1. The highest BCUT2D eigenvalue weighted by Crippen LogP contribution is 2.34. The number of hydrogen-bond donors (Lipinski definition) is 0. The van der Waals surface area contributed by atoms with Crippen molar-refractivity contribution in [3.05, 3.63) is 168 Å². The summed E-state index contributed by atoms with van der Waals surface area (Å²) < 4.78 is 5.79. The lowest BCUT2D eigenvalue weighted by atomic mass is 10.1. The van der Waals surface area contributed by atoms with E-state index in [1.54, 1.807) is 18.5 Å². The zero-order valence-corrected chi connectivity index (χ0v) is 55.4. The van der Waals surface area contributed by atoms with Crippen LogP contribution in [0.5, 0.6) is 0 Å². The number of para-hydroxylation sites is 1. The number of pyridine rings is 4. The van der Waals surface area contributed by atoms with Crippen molar-refractivity contribution in [2.45, 2.75) is 45.7 Å². The Morgan fingerprint density at radius 1 is 0.539 bits per heavy atom. The first kappa shape index (κ1) is 64.6. The van der Waals surface area contributed by atoms with Crippen molar-refractivity contribution in [2.24, 2.45) is 0 Å². The normalized spacial score (nSPS) is 10.2. The van der Waals surface area contributed by atoms with Crippen LogP contribution in [0.2, 0.25) is 39.3 Å². The Balaban J connectivity index is 0.000000233. The largest absolute Gasteiger partial charge is 0.355 e. The molecule has 10 nitrogen and oxygen atoms in total. The van der Waals surface area contributed by atoms with Crippen LogP contribution >= 0.6 is 0 Å². The molecule has 0 radical (unpaired) electrons.